The van der Waals surface area contributed by atoms with Crippen molar-refractivity contribution in [1.29, 1.82) is 0 Å². The molecule has 3 amide bonds. The first-order valence-electron chi connectivity index (χ1n) is 6.44. The average molecular weight is 271 g/mol. The van der Waals surface area contributed by atoms with Crippen molar-refractivity contribution in [2.24, 2.45) is 11.1 Å². The van der Waals surface area contributed by atoms with Gasteiger partial charge in [-0.2, -0.15) is 0 Å². The zero-order chi connectivity index (χ0) is 14.5. The summed E-state index contributed by atoms with van der Waals surface area (Å²) in [5.74, 6) is -2.04. The van der Waals surface area contributed by atoms with E-state index in [1.54, 1.807) is 0 Å². The quantitative estimate of drug-likeness (QED) is 0.528. The summed E-state index contributed by atoms with van der Waals surface area (Å²) in [6, 6.07) is -1.86. The number of carbonyl (C=O) groups is 3. The zero-order valence-electron chi connectivity index (χ0n) is 11.1. The molecule has 1 aliphatic carbocycles. The fourth-order valence-electron chi connectivity index (χ4n) is 2.21. The molecule has 7 nitrogen and oxygen atoms in total. The van der Waals surface area contributed by atoms with Crippen molar-refractivity contribution >= 4 is 17.9 Å². The fourth-order valence-corrected chi connectivity index (χ4v) is 2.21. The van der Waals surface area contributed by atoms with E-state index in [1.807, 2.05) is 0 Å². The van der Waals surface area contributed by atoms with Crippen LogP contribution in [0.4, 0.5) is 4.79 Å². The van der Waals surface area contributed by atoms with Crippen LogP contribution < -0.4 is 16.4 Å². The van der Waals surface area contributed by atoms with Gasteiger partial charge in [0.25, 0.3) is 0 Å². The third-order valence-corrected chi connectivity index (χ3v) is 3.80. The van der Waals surface area contributed by atoms with E-state index in [4.69, 9.17) is 10.8 Å². The van der Waals surface area contributed by atoms with Gasteiger partial charge < -0.3 is 21.5 Å². The smallest absolute Gasteiger partial charge is 0.326 e. The summed E-state index contributed by atoms with van der Waals surface area (Å²) in [6.07, 6.45) is 3.88. The molecule has 0 bridgehead atoms. The maximum atomic E-state index is 11.6. The summed E-state index contributed by atoms with van der Waals surface area (Å²) in [7, 11) is 0. The Morgan fingerprint density at radius 1 is 1.37 bits per heavy atom. The largest absolute Gasteiger partial charge is 0.480 e. The van der Waals surface area contributed by atoms with Crippen LogP contribution >= 0.6 is 0 Å². The van der Waals surface area contributed by atoms with Crippen molar-refractivity contribution in [3.8, 4) is 0 Å². The molecule has 1 saturated carbocycles. The van der Waals surface area contributed by atoms with Crippen LogP contribution in [0.3, 0.4) is 0 Å². The number of nitrogens with two attached hydrogens (primary N) is 1. The Bertz CT molecular complexity index is 360. The summed E-state index contributed by atoms with van der Waals surface area (Å²) in [6.45, 7) is 2.60. The Morgan fingerprint density at radius 2 is 2.00 bits per heavy atom. The molecule has 19 heavy (non-hydrogen) atoms. The molecule has 5 N–H and O–H groups in total. The van der Waals surface area contributed by atoms with Crippen LogP contribution in [0.5, 0.6) is 0 Å². The molecule has 7 heteroatoms. The highest BCUT2D eigenvalue weighted by Gasteiger charge is 2.35. The molecule has 0 radical (unpaired) electrons. The highest BCUT2D eigenvalue weighted by Crippen LogP contribution is 2.42. The molecular weight excluding hydrogens is 250 g/mol. The first-order valence-corrected chi connectivity index (χ1v) is 6.44. The van der Waals surface area contributed by atoms with Crippen molar-refractivity contribution < 1.29 is 19.5 Å². The number of urea groups is 1. The van der Waals surface area contributed by atoms with Crippen LogP contribution in [0.1, 0.15) is 39.0 Å². The number of rotatable bonds is 7. The number of carboxylic acids is 1. The number of amides is 3. The first kappa shape index (κ1) is 15.3. The number of carboxylic acid groups (broad SMARTS) is 1. The number of nitrogens with one attached hydrogen (secondary N) is 2. The second-order valence-electron chi connectivity index (χ2n) is 5.10. The van der Waals surface area contributed by atoms with Gasteiger partial charge in [0.1, 0.15) is 6.04 Å². The molecular formula is C12H21N3O4. The predicted octanol–water partition coefficient (Wildman–Crippen LogP) is 0.195. The van der Waals surface area contributed by atoms with Crippen molar-refractivity contribution in [2.75, 3.05) is 6.54 Å². The summed E-state index contributed by atoms with van der Waals surface area (Å²) in [4.78, 5) is 33.2. The molecule has 108 valence electrons. The van der Waals surface area contributed by atoms with Gasteiger partial charge in [0.2, 0.25) is 5.91 Å². The Balaban J connectivity index is 2.40. The molecule has 1 atom stereocenters. The van der Waals surface area contributed by atoms with Crippen molar-refractivity contribution in [1.82, 2.24) is 10.6 Å². The lowest BCUT2D eigenvalue weighted by atomic mass is 9.67. The molecule has 0 aliphatic heterocycles. The van der Waals surface area contributed by atoms with Crippen molar-refractivity contribution in [2.45, 2.75) is 45.1 Å². The van der Waals surface area contributed by atoms with E-state index in [2.05, 4.69) is 17.6 Å². The minimum Gasteiger partial charge on any atom is -0.480 e. The predicted molar refractivity (Wildman–Crippen MR) is 68.3 cm³/mol. The standard InChI is InChI=1S/C12H21N3O4/c1-2-12(4-3-5-12)7-14-11(19)15-8(10(17)18)6-9(13)16/h8H,2-7H2,1H3,(H2,13,16)(H,17,18)(H2,14,15,19). The van der Waals surface area contributed by atoms with Gasteiger partial charge in [0.05, 0.1) is 6.42 Å². The first-order chi connectivity index (χ1) is 8.88. The number of hydrogen-bond donors (Lipinski definition) is 4. The van der Waals surface area contributed by atoms with Gasteiger partial charge in [-0.25, -0.2) is 9.59 Å². The Kier molecular flexibility index (Phi) is 5.14. The Hall–Kier alpha value is -1.79. The van der Waals surface area contributed by atoms with Gasteiger partial charge in [-0.1, -0.05) is 13.3 Å². The SMILES string of the molecule is CCC1(CNC(=O)NC(CC(N)=O)C(=O)O)CCC1. The summed E-state index contributed by atoms with van der Waals surface area (Å²) in [5.41, 5.74) is 5.08. The monoisotopic (exact) mass is 271 g/mol. The van der Waals surface area contributed by atoms with E-state index >= 15 is 0 Å². The molecule has 1 unspecified atom stereocenters. The van der Waals surface area contributed by atoms with Crippen LogP contribution in [0.25, 0.3) is 0 Å². The third kappa shape index (κ3) is 4.42. The maximum absolute atomic E-state index is 11.6. The van der Waals surface area contributed by atoms with E-state index in [0.717, 1.165) is 25.7 Å². The van der Waals surface area contributed by atoms with E-state index in [-0.39, 0.29) is 5.41 Å². The van der Waals surface area contributed by atoms with Crippen molar-refractivity contribution in [3.05, 3.63) is 0 Å². The molecule has 1 aliphatic rings. The van der Waals surface area contributed by atoms with Crippen LogP contribution in [-0.2, 0) is 9.59 Å². The lowest BCUT2D eigenvalue weighted by Crippen LogP contribution is -2.50. The van der Waals surface area contributed by atoms with Crippen molar-refractivity contribution in [3.63, 3.8) is 0 Å². The maximum Gasteiger partial charge on any atom is 0.326 e. The lowest BCUT2D eigenvalue weighted by Gasteiger charge is -2.41. The van der Waals surface area contributed by atoms with E-state index in [1.165, 1.54) is 0 Å². The third-order valence-electron chi connectivity index (χ3n) is 3.80. The molecule has 0 spiro atoms. The Labute approximate surface area is 111 Å². The molecule has 0 aromatic rings. The topological polar surface area (TPSA) is 122 Å². The molecule has 1 fully saturated rings. The Morgan fingerprint density at radius 3 is 2.37 bits per heavy atom. The number of primary amides is 1. The lowest BCUT2D eigenvalue weighted by molar-refractivity contribution is -0.140. The van der Waals surface area contributed by atoms with Crippen LogP contribution in [0.2, 0.25) is 0 Å². The van der Waals surface area contributed by atoms with Crippen LogP contribution in [-0.4, -0.2) is 35.6 Å². The highest BCUT2D eigenvalue weighted by atomic mass is 16.4. The second-order valence-corrected chi connectivity index (χ2v) is 5.10. The van der Waals surface area contributed by atoms with Gasteiger partial charge in [-0.05, 0) is 24.7 Å². The molecule has 1 rings (SSSR count). The minimum atomic E-state index is -1.28. The van der Waals surface area contributed by atoms with E-state index in [9.17, 15) is 14.4 Å². The van der Waals surface area contributed by atoms with E-state index in [0.29, 0.717) is 6.54 Å². The molecule has 0 saturated heterocycles. The van der Waals surface area contributed by atoms with Gasteiger partial charge in [0, 0.05) is 6.54 Å². The summed E-state index contributed by atoms with van der Waals surface area (Å²) in [5, 5.41) is 13.8. The van der Waals surface area contributed by atoms with Crippen LogP contribution in [0.15, 0.2) is 0 Å². The fraction of sp³-hybridized carbons (Fsp3) is 0.750. The molecule has 0 heterocycles. The van der Waals surface area contributed by atoms with Gasteiger partial charge in [0.15, 0.2) is 0 Å². The average Bonchev–Trinajstić information content (AvgIpc) is 2.26. The summed E-state index contributed by atoms with van der Waals surface area (Å²) >= 11 is 0. The van der Waals surface area contributed by atoms with E-state index < -0.39 is 30.4 Å². The summed E-state index contributed by atoms with van der Waals surface area (Å²) < 4.78 is 0. The van der Waals surface area contributed by atoms with Gasteiger partial charge in [-0.15, -0.1) is 0 Å². The zero-order valence-corrected chi connectivity index (χ0v) is 11.1. The van der Waals surface area contributed by atoms with Crippen LogP contribution in [0, 0.1) is 5.41 Å². The number of aliphatic carboxylic acids is 1. The van der Waals surface area contributed by atoms with Gasteiger partial charge >= 0.3 is 12.0 Å². The molecule has 0 aromatic heterocycles. The minimum absolute atomic E-state index is 0.153. The normalized spacial score (nSPS) is 17.9. The van der Waals surface area contributed by atoms with Gasteiger partial charge in [-0.3, -0.25) is 4.79 Å². The number of hydrogen-bond acceptors (Lipinski definition) is 3. The second kappa shape index (κ2) is 6.40. The highest BCUT2D eigenvalue weighted by molar-refractivity contribution is 5.87. The molecule has 0 aromatic carbocycles. The number of carbonyl (C=O) groups excluding carboxylic acids is 2.